The van der Waals surface area contributed by atoms with Crippen LogP contribution in [0.3, 0.4) is 0 Å². The van der Waals surface area contributed by atoms with E-state index in [1.54, 1.807) is 0 Å². The summed E-state index contributed by atoms with van der Waals surface area (Å²) >= 11 is 0. The Morgan fingerprint density at radius 1 is 1.18 bits per heavy atom. The summed E-state index contributed by atoms with van der Waals surface area (Å²) in [6.45, 7) is 5.75. The Hall–Kier alpha value is -2.03. The molecule has 0 bridgehead atoms. The van der Waals surface area contributed by atoms with E-state index in [9.17, 15) is 31.3 Å². The molecule has 1 aliphatic carbocycles. The maximum atomic E-state index is 13.7. The second kappa shape index (κ2) is 9.21. The lowest BCUT2D eigenvalue weighted by Gasteiger charge is -2.42. The normalized spacial score (nSPS) is 29.2. The second-order valence-corrected chi connectivity index (χ2v) is 14.2. The van der Waals surface area contributed by atoms with Crippen molar-refractivity contribution in [3.05, 3.63) is 24.3 Å². The molecule has 1 aliphatic heterocycles. The Morgan fingerprint density at radius 2 is 1.76 bits per heavy atom. The predicted molar refractivity (Wildman–Crippen MR) is 125 cm³/mol. The summed E-state index contributed by atoms with van der Waals surface area (Å²) in [5.41, 5.74) is -1.03. The van der Waals surface area contributed by atoms with Crippen molar-refractivity contribution in [3.63, 3.8) is 0 Å². The highest BCUT2D eigenvalue weighted by Crippen LogP contribution is 2.50. The van der Waals surface area contributed by atoms with Gasteiger partial charge < -0.3 is 10.2 Å². The minimum Gasteiger partial charge on any atom is -0.323 e. The van der Waals surface area contributed by atoms with Crippen LogP contribution < -0.4 is 5.32 Å². The van der Waals surface area contributed by atoms with Gasteiger partial charge >= 0.3 is 0 Å². The van der Waals surface area contributed by atoms with Crippen LogP contribution >= 0.6 is 0 Å². The summed E-state index contributed by atoms with van der Waals surface area (Å²) in [6, 6.07) is 6.46. The van der Waals surface area contributed by atoms with Crippen molar-refractivity contribution >= 4 is 25.6 Å². The van der Waals surface area contributed by atoms with Crippen LogP contribution in [0.1, 0.15) is 40.0 Å². The van der Waals surface area contributed by atoms with E-state index in [1.165, 1.54) is 29.2 Å². The van der Waals surface area contributed by atoms with E-state index in [0.717, 1.165) is 6.26 Å². The predicted octanol–water partition coefficient (Wildman–Crippen LogP) is 2.11. The number of hydrogen-bond acceptors (Lipinski definition) is 7. The fourth-order valence-electron chi connectivity index (χ4n) is 5.01. The number of alkyl halides is 1. The number of carbonyl (C=O) groups excluding carboxylic acids is 1. The number of halogens is 1. The van der Waals surface area contributed by atoms with Crippen LogP contribution in [-0.4, -0.2) is 70.5 Å². The van der Waals surface area contributed by atoms with Gasteiger partial charge in [0.2, 0.25) is 5.91 Å². The van der Waals surface area contributed by atoms with E-state index in [0.29, 0.717) is 12.8 Å². The van der Waals surface area contributed by atoms with Crippen LogP contribution in [0.15, 0.2) is 34.1 Å². The van der Waals surface area contributed by atoms with Gasteiger partial charge in [-0.3, -0.25) is 4.79 Å². The minimum atomic E-state index is -3.66. The molecule has 1 amide bonds. The number of likely N-dealkylation sites (tertiary alicyclic amines) is 1. The third-order valence-corrected chi connectivity index (χ3v) is 10.8. The van der Waals surface area contributed by atoms with Crippen molar-refractivity contribution in [1.29, 1.82) is 5.26 Å². The molecule has 11 heteroatoms. The molecule has 8 nitrogen and oxygen atoms in total. The zero-order chi connectivity index (χ0) is 25.5. The molecule has 1 aromatic carbocycles. The van der Waals surface area contributed by atoms with Crippen LogP contribution in [0.25, 0.3) is 0 Å². The van der Waals surface area contributed by atoms with E-state index < -0.39 is 42.8 Å². The molecule has 0 aromatic heterocycles. The van der Waals surface area contributed by atoms with Crippen LogP contribution in [-0.2, 0) is 24.5 Å². The van der Waals surface area contributed by atoms with Crippen LogP contribution in [0.5, 0.6) is 0 Å². The van der Waals surface area contributed by atoms with Gasteiger partial charge in [-0.05, 0) is 55.4 Å². The molecular formula is C23H32FN3O5S2. The van der Waals surface area contributed by atoms with Crippen LogP contribution in [0.4, 0.5) is 4.39 Å². The standard InChI is InChI=1S/C23H32FN3O5S2/c1-22(2)16(15-34(31,32)20-7-5-19(6-8-20)33(4,29)30)9-10-23(22,3)26-13-21(28)27-14-17(24)11-18(27)12-25/h5-8,16-18,26H,9-11,13-15H2,1-4H3/t16-,17-,18+,23-/m1/s1. The molecule has 4 atom stereocenters. The molecule has 0 unspecified atom stereocenters. The summed E-state index contributed by atoms with van der Waals surface area (Å²) < 4.78 is 63.2. The summed E-state index contributed by atoms with van der Waals surface area (Å²) in [4.78, 5) is 14.1. The molecule has 1 N–H and O–H groups in total. The van der Waals surface area contributed by atoms with E-state index >= 15 is 0 Å². The highest BCUT2D eigenvalue weighted by molar-refractivity contribution is 7.91. The van der Waals surface area contributed by atoms with E-state index in [4.69, 9.17) is 0 Å². The van der Waals surface area contributed by atoms with Gasteiger partial charge in [0.15, 0.2) is 19.7 Å². The van der Waals surface area contributed by atoms with Crippen molar-refractivity contribution in [3.8, 4) is 6.07 Å². The minimum absolute atomic E-state index is 0.0239. The average molecular weight is 514 g/mol. The van der Waals surface area contributed by atoms with Crippen molar-refractivity contribution in [2.75, 3.05) is 25.1 Å². The summed E-state index contributed by atoms with van der Waals surface area (Å²) in [5.74, 6) is -0.644. The molecule has 0 spiro atoms. The lowest BCUT2D eigenvalue weighted by molar-refractivity contribution is -0.131. The maximum absolute atomic E-state index is 13.7. The summed E-state index contributed by atoms with van der Waals surface area (Å²) in [7, 11) is -7.09. The number of rotatable bonds is 7. The Kier molecular flexibility index (Phi) is 7.19. The molecule has 34 heavy (non-hydrogen) atoms. The number of carbonyl (C=O) groups is 1. The lowest BCUT2D eigenvalue weighted by atomic mass is 9.72. The number of nitriles is 1. The van der Waals surface area contributed by atoms with Crippen LogP contribution in [0.2, 0.25) is 0 Å². The smallest absolute Gasteiger partial charge is 0.237 e. The zero-order valence-corrected chi connectivity index (χ0v) is 21.5. The van der Waals surface area contributed by atoms with Gasteiger partial charge in [0, 0.05) is 18.2 Å². The molecule has 0 radical (unpaired) electrons. The quantitative estimate of drug-likeness (QED) is 0.592. The van der Waals surface area contributed by atoms with Gasteiger partial charge in [-0.25, -0.2) is 21.2 Å². The van der Waals surface area contributed by atoms with Gasteiger partial charge in [0.25, 0.3) is 0 Å². The Labute approximate surface area is 201 Å². The molecule has 2 aliphatic rings. The van der Waals surface area contributed by atoms with Gasteiger partial charge in [0.1, 0.15) is 12.2 Å². The molecule has 1 heterocycles. The largest absolute Gasteiger partial charge is 0.323 e. The monoisotopic (exact) mass is 513 g/mol. The highest BCUT2D eigenvalue weighted by atomic mass is 32.2. The third kappa shape index (κ3) is 5.14. The Morgan fingerprint density at radius 3 is 2.32 bits per heavy atom. The summed E-state index contributed by atoms with van der Waals surface area (Å²) in [6.07, 6.45) is 1.16. The number of amides is 1. The van der Waals surface area contributed by atoms with Gasteiger partial charge in [-0.1, -0.05) is 13.8 Å². The van der Waals surface area contributed by atoms with E-state index in [2.05, 4.69) is 5.32 Å². The Balaban J connectivity index is 1.69. The fraction of sp³-hybridized carbons (Fsp3) is 0.652. The van der Waals surface area contributed by atoms with Crippen LogP contribution in [0, 0.1) is 22.7 Å². The molecule has 1 aromatic rings. The SMILES string of the molecule is CC1(C)[C@@H](CS(=O)(=O)c2ccc(S(C)(=O)=O)cc2)CC[C@@]1(C)NCC(=O)N1C[C@H](F)C[C@H]1C#N. The molecule has 2 fully saturated rings. The molecule has 188 valence electrons. The maximum Gasteiger partial charge on any atom is 0.237 e. The lowest BCUT2D eigenvalue weighted by Crippen LogP contribution is -2.55. The van der Waals surface area contributed by atoms with Crippen molar-refractivity contribution in [2.24, 2.45) is 11.3 Å². The van der Waals surface area contributed by atoms with Crippen molar-refractivity contribution in [2.45, 2.75) is 67.6 Å². The first-order valence-corrected chi connectivity index (χ1v) is 14.8. The number of benzene rings is 1. The van der Waals surface area contributed by atoms with E-state index in [-0.39, 0.29) is 46.9 Å². The topological polar surface area (TPSA) is 124 Å². The zero-order valence-electron chi connectivity index (χ0n) is 19.9. The molecular weight excluding hydrogens is 481 g/mol. The second-order valence-electron chi connectivity index (χ2n) is 10.2. The Bertz CT molecular complexity index is 1190. The van der Waals surface area contributed by atoms with Gasteiger partial charge in [0.05, 0.1) is 34.7 Å². The first-order chi connectivity index (χ1) is 15.6. The fourth-order valence-corrected chi connectivity index (χ4v) is 7.50. The first kappa shape index (κ1) is 26.6. The van der Waals surface area contributed by atoms with Crippen molar-refractivity contribution in [1.82, 2.24) is 10.2 Å². The number of sulfone groups is 2. The van der Waals surface area contributed by atoms with Gasteiger partial charge in [-0.2, -0.15) is 5.26 Å². The third-order valence-electron chi connectivity index (χ3n) is 7.82. The summed E-state index contributed by atoms with van der Waals surface area (Å²) in [5, 5.41) is 12.5. The van der Waals surface area contributed by atoms with Gasteiger partial charge in [-0.15, -0.1) is 0 Å². The first-order valence-electron chi connectivity index (χ1n) is 11.2. The highest BCUT2D eigenvalue weighted by Gasteiger charge is 2.52. The molecule has 3 rings (SSSR count). The number of hydrogen-bond donors (Lipinski definition) is 1. The molecule has 1 saturated heterocycles. The van der Waals surface area contributed by atoms with E-state index in [1.807, 2.05) is 26.8 Å². The number of nitrogens with one attached hydrogen (secondary N) is 1. The number of nitrogens with zero attached hydrogens (tertiary/aromatic N) is 2. The average Bonchev–Trinajstić information content (AvgIpc) is 3.24. The molecule has 1 saturated carbocycles. The van der Waals surface area contributed by atoms with Crippen molar-refractivity contribution < 1.29 is 26.0 Å².